The van der Waals surface area contributed by atoms with Crippen LogP contribution in [0.3, 0.4) is 0 Å². The monoisotopic (exact) mass is 333 g/mol. The second-order valence-electron chi connectivity index (χ2n) is 4.53. The highest BCUT2D eigenvalue weighted by molar-refractivity contribution is 7.99. The molecule has 2 aromatic rings. The molecular weight excluding hydrogens is 318 g/mol. The molecule has 1 aromatic carbocycles. The highest BCUT2D eigenvalue weighted by Gasteiger charge is 2.08. The van der Waals surface area contributed by atoms with Crippen molar-refractivity contribution in [2.24, 2.45) is 0 Å². The molecular formula is C14H15N5O3S. The number of aromatic carboxylic acids is 1. The van der Waals surface area contributed by atoms with Gasteiger partial charge in [-0.3, -0.25) is 4.79 Å². The van der Waals surface area contributed by atoms with Crippen LogP contribution in [0.15, 0.2) is 35.5 Å². The van der Waals surface area contributed by atoms with Crippen molar-refractivity contribution in [3.63, 3.8) is 0 Å². The van der Waals surface area contributed by atoms with Crippen molar-refractivity contribution in [3.05, 3.63) is 35.9 Å². The van der Waals surface area contributed by atoms with Gasteiger partial charge in [-0.05, 0) is 18.2 Å². The van der Waals surface area contributed by atoms with Gasteiger partial charge in [0, 0.05) is 23.9 Å². The maximum Gasteiger partial charge on any atom is 0.335 e. The van der Waals surface area contributed by atoms with Crippen LogP contribution in [0.25, 0.3) is 0 Å². The van der Waals surface area contributed by atoms with Gasteiger partial charge in [-0.15, -0.1) is 0 Å². The van der Waals surface area contributed by atoms with Gasteiger partial charge in [-0.25, -0.2) is 14.8 Å². The minimum Gasteiger partial charge on any atom is -0.478 e. The average molecular weight is 333 g/mol. The number of carboxylic acids is 1. The molecule has 0 saturated heterocycles. The molecule has 1 aromatic heterocycles. The van der Waals surface area contributed by atoms with Crippen molar-refractivity contribution in [1.82, 2.24) is 9.97 Å². The van der Waals surface area contributed by atoms with E-state index in [1.165, 1.54) is 30.0 Å². The fourth-order valence-electron chi connectivity index (χ4n) is 1.71. The second-order valence-corrected chi connectivity index (χ2v) is 5.59. The molecule has 9 heteroatoms. The summed E-state index contributed by atoms with van der Waals surface area (Å²) in [6, 6.07) is 7.49. The third-order valence-corrected chi connectivity index (χ3v) is 3.55. The van der Waals surface area contributed by atoms with Crippen molar-refractivity contribution < 1.29 is 14.7 Å². The van der Waals surface area contributed by atoms with Gasteiger partial charge in [0.2, 0.25) is 5.91 Å². The predicted octanol–water partition coefficient (Wildman–Crippen LogP) is 1.46. The third kappa shape index (κ3) is 5.15. The van der Waals surface area contributed by atoms with E-state index < -0.39 is 5.97 Å². The number of anilines is 3. The van der Waals surface area contributed by atoms with Crippen LogP contribution in [-0.2, 0) is 4.79 Å². The zero-order chi connectivity index (χ0) is 16.8. The van der Waals surface area contributed by atoms with Gasteiger partial charge < -0.3 is 21.9 Å². The maximum absolute atomic E-state index is 11.9. The highest BCUT2D eigenvalue weighted by Crippen LogP contribution is 2.17. The first kappa shape index (κ1) is 16.6. The molecule has 0 bridgehead atoms. The Kier molecular flexibility index (Phi) is 5.36. The summed E-state index contributed by atoms with van der Waals surface area (Å²) in [5.74, 6) is -0.303. The second kappa shape index (κ2) is 7.45. The SMILES string of the molecule is Nc1cc(N)nc(SCCC(=O)Nc2cccc(C(=O)O)c2)n1. The standard InChI is InChI=1S/C14H15N5O3S/c15-10-7-11(16)19-14(18-10)23-5-4-12(20)17-9-3-1-2-8(6-9)13(21)22/h1-3,6-7H,4-5H2,(H,17,20)(H,21,22)(H4,15,16,18,19). The van der Waals surface area contributed by atoms with Gasteiger partial charge >= 0.3 is 5.97 Å². The van der Waals surface area contributed by atoms with E-state index in [9.17, 15) is 9.59 Å². The minimum absolute atomic E-state index is 0.112. The topological polar surface area (TPSA) is 144 Å². The number of hydrogen-bond acceptors (Lipinski definition) is 7. The lowest BCUT2D eigenvalue weighted by Gasteiger charge is -2.06. The molecule has 0 aliphatic heterocycles. The third-order valence-electron chi connectivity index (χ3n) is 2.70. The van der Waals surface area contributed by atoms with Crippen molar-refractivity contribution in [2.75, 3.05) is 22.5 Å². The first-order chi connectivity index (χ1) is 10.9. The number of carbonyl (C=O) groups excluding carboxylic acids is 1. The number of hydrogen-bond donors (Lipinski definition) is 4. The molecule has 120 valence electrons. The normalized spacial score (nSPS) is 10.3. The van der Waals surface area contributed by atoms with Crippen LogP contribution in [0.5, 0.6) is 0 Å². The number of nitrogens with two attached hydrogens (primary N) is 2. The lowest BCUT2D eigenvalue weighted by Crippen LogP contribution is -2.13. The van der Waals surface area contributed by atoms with Crippen LogP contribution >= 0.6 is 11.8 Å². The molecule has 0 spiro atoms. The van der Waals surface area contributed by atoms with E-state index in [0.29, 0.717) is 16.6 Å². The summed E-state index contributed by atoms with van der Waals surface area (Å²) in [4.78, 5) is 30.7. The van der Waals surface area contributed by atoms with Gasteiger partial charge in [0.1, 0.15) is 11.6 Å². The van der Waals surface area contributed by atoms with Crippen LogP contribution < -0.4 is 16.8 Å². The van der Waals surface area contributed by atoms with E-state index in [0.717, 1.165) is 0 Å². The lowest BCUT2D eigenvalue weighted by molar-refractivity contribution is -0.115. The molecule has 0 unspecified atom stereocenters. The largest absolute Gasteiger partial charge is 0.478 e. The number of nitrogen functional groups attached to an aromatic ring is 2. The minimum atomic E-state index is -1.05. The quantitative estimate of drug-likeness (QED) is 0.459. The lowest BCUT2D eigenvalue weighted by atomic mass is 10.2. The number of rotatable bonds is 6. The molecule has 0 atom stereocenters. The number of carbonyl (C=O) groups is 2. The summed E-state index contributed by atoms with van der Waals surface area (Å²) in [6.07, 6.45) is 0.208. The van der Waals surface area contributed by atoms with E-state index in [-0.39, 0.29) is 29.5 Å². The number of carboxylic acid groups (broad SMARTS) is 1. The van der Waals surface area contributed by atoms with E-state index in [1.807, 2.05) is 0 Å². The molecule has 6 N–H and O–H groups in total. The van der Waals surface area contributed by atoms with E-state index in [4.69, 9.17) is 16.6 Å². The fourth-order valence-corrected chi connectivity index (χ4v) is 2.52. The van der Waals surface area contributed by atoms with Crippen molar-refractivity contribution in [3.8, 4) is 0 Å². The van der Waals surface area contributed by atoms with Gasteiger partial charge in [-0.1, -0.05) is 17.8 Å². The Bertz CT molecular complexity index is 718. The summed E-state index contributed by atoms with van der Waals surface area (Å²) in [5, 5.41) is 12.0. The molecule has 0 aliphatic carbocycles. The first-order valence-corrected chi connectivity index (χ1v) is 7.58. The Morgan fingerprint density at radius 1 is 1.17 bits per heavy atom. The van der Waals surface area contributed by atoms with Crippen molar-refractivity contribution >= 4 is 41.0 Å². The number of nitrogens with one attached hydrogen (secondary N) is 1. The molecule has 1 amide bonds. The molecule has 0 fully saturated rings. The number of benzene rings is 1. The molecule has 2 rings (SSSR count). The van der Waals surface area contributed by atoms with E-state index in [2.05, 4.69) is 15.3 Å². The Morgan fingerprint density at radius 2 is 1.87 bits per heavy atom. The smallest absolute Gasteiger partial charge is 0.335 e. The van der Waals surface area contributed by atoms with Crippen LogP contribution in [0.4, 0.5) is 17.3 Å². The van der Waals surface area contributed by atoms with Crippen LogP contribution in [0.1, 0.15) is 16.8 Å². The Balaban J connectivity index is 1.85. The van der Waals surface area contributed by atoms with Gasteiger partial charge in [-0.2, -0.15) is 0 Å². The predicted molar refractivity (Wildman–Crippen MR) is 88.2 cm³/mol. The highest BCUT2D eigenvalue weighted by atomic mass is 32.2. The molecule has 0 radical (unpaired) electrons. The van der Waals surface area contributed by atoms with E-state index in [1.54, 1.807) is 12.1 Å². The van der Waals surface area contributed by atoms with E-state index >= 15 is 0 Å². The van der Waals surface area contributed by atoms with Crippen molar-refractivity contribution in [2.45, 2.75) is 11.6 Å². The number of amides is 1. The number of aromatic nitrogens is 2. The zero-order valence-electron chi connectivity index (χ0n) is 12.0. The van der Waals surface area contributed by atoms with Crippen LogP contribution in [0, 0.1) is 0 Å². The maximum atomic E-state index is 11.9. The number of nitrogens with zero attached hydrogens (tertiary/aromatic N) is 2. The summed E-state index contributed by atoms with van der Waals surface area (Å²) >= 11 is 1.26. The zero-order valence-corrected chi connectivity index (χ0v) is 12.8. The van der Waals surface area contributed by atoms with Gasteiger partial charge in [0.25, 0.3) is 0 Å². The van der Waals surface area contributed by atoms with Crippen LogP contribution in [-0.4, -0.2) is 32.7 Å². The summed E-state index contributed by atoms with van der Waals surface area (Å²) in [5.41, 5.74) is 11.7. The van der Waals surface area contributed by atoms with Gasteiger partial charge in [0.05, 0.1) is 5.56 Å². The van der Waals surface area contributed by atoms with Crippen molar-refractivity contribution in [1.29, 1.82) is 0 Å². The Labute approximate surface area is 136 Å². The fraction of sp³-hybridized carbons (Fsp3) is 0.143. The Morgan fingerprint density at radius 3 is 2.52 bits per heavy atom. The molecule has 0 saturated carbocycles. The molecule has 23 heavy (non-hydrogen) atoms. The summed E-state index contributed by atoms with van der Waals surface area (Å²) < 4.78 is 0. The average Bonchev–Trinajstić information content (AvgIpc) is 2.46. The summed E-state index contributed by atoms with van der Waals surface area (Å²) in [7, 11) is 0. The molecule has 1 heterocycles. The van der Waals surface area contributed by atoms with Gasteiger partial charge in [0.15, 0.2) is 5.16 Å². The first-order valence-electron chi connectivity index (χ1n) is 6.60. The van der Waals surface area contributed by atoms with Crippen LogP contribution in [0.2, 0.25) is 0 Å². The molecule has 0 aliphatic rings. The number of thioether (sulfide) groups is 1. The summed E-state index contributed by atoms with van der Waals surface area (Å²) in [6.45, 7) is 0. The Hall–Kier alpha value is -2.81. The molecule has 8 nitrogen and oxygen atoms in total.